The maximum atomic E-state index is 13.1. The summed E-state index contributed by atoms with van der Waals surface area (Å²) in [7, 11) is 4.40. The molecule has 0 aliphatic rings. The Bertz CT molecular complexity index is 1130. The number of methoxy groups -OCH3 is 3. The molecule has 0 atom stereocenters. The Morgan fingerprint density at radius 1 is 1.00 bits per heavy atom. The number of anilines is 1. The van der Waals surface area contributed by atoms with Gasteiger partial charge >= 0.3 is 5.97 Å². The third kappa shape index (κ3) is 4.40. The topological polar surface area (TPSA) is 94.1 Å². The van der Waals surface area contributed by atoms with E-state index in [-0.39, 0.29) is 16.1 Å². The van der Waals surface area contributed by atoms with E-state index >= 15 is 0 Å². The Labute approximate surface area is 190 Å². The molecule has 3 aromatic rings. The maximum Gasteiger partial charge on any atom is 0.339 e. The number of carbonyl (C=O) groups excluding carboxylic acids is 1. The minimum atomic E-state index is -1.10. The van der Waals surface area contributed by atoms with Crippen LogP contribution in [0.15, 0.2) is 36.4 Å². The smallest absolute Gasteiger partial charge is 0.339 e. The highest BCUT2D eigenvalue weighted by molar-refractivity contribution is 7.17. The van der Waals surface area contributed by atoms with E-state index in [9.17, 15) is 14.7 Å². The number of rotatable bonds is 8. The first kappa shape index (κ1) is 23.1. The molecule has 0 bridgehead atoms. The van der Waals surface area contributed by atoms with Crippen molar-refractivity contribution in [2.75, 3.05) is 26.6 Å². The van der Waals surface area contributed by atoms with Crippen LogP contribution in [0.2, 0.25) is 0 Å². The lowest BCUT2D eigenvalue weighted by molar-refractivity contribution is 0.0699. The van der Waals surface area contributed by atoms with Crippen LogP contribution in [0.4, 0.5) is 5.00 Å². The largest absolute Gasteiger partial charge is 0.493 e. The summed E-state index contributed by atoms with van der Waals surface area (Å²) in [6.07, 6.45) is 0.633. The van der Waals surface area contributed by atoms with Gasteiger partial charge in [0, 0.05) is 16.0 Å². The standard InChI is InChI=1S/C24H25NO6S/c1-6-18-19(14-9-7-13(2)8-10-14)20(24(27)28)23(32-18)25-22(26)15-11-16(29-3)21(31-5)17(12-15)30-4/h7-12H,6H2,1-5H3,(H,25,26)(H,27,28). The van der Waals surface area contributed by atoms with Gasteiger partial charge in [0.05, 0.1) is 21.3 Å². The lowest BCUT2D eigenvalue weighted by Crippen LogP contribution is -2.14. The first-order valence-corrected chi connectivity index (χ1v) is 10.7. The molecule has 0 saturated heterocycles. The van der Waals surface area contributed by atoms with Gasteiger partial charge in [0.1, 0.15) is 10.6 Å². The van der Waals surface area contributed by atoms with Crippen molar-refractivity contribution in [3.8, 4) is 28.4 Å². The summed E-state index contributed by atoms with van der Waals surface area (Å²) < 4.78 is 15.9. The van der Waals surface area contributed by atoms with Crippen molar-refractivity contribution in [2.45, 2.75) is 20.3 Å². The van der Waals surface area contributed by atoms with Crippen LogP contribution in [0.1, 0.15) is 38.1 Å². The van der Waals surface area contributed by atoms with Gasteiger partial charge in [0.15, 0.2) is 11.5 Å². The molecular formula is C24H25NO6S. The number of aromatic carboxylic acids is 1. The van der Waals surface area contributed by atoms with Crippen LogP contribution < -0.4 is 19.5 Å². The Balaban J connectivity index is 2.07. The number of hydrogen-bond acceptors (Lipinski definition) is 6. The first-order chi connectivity index (χ1) is 15.3. The molecule has 8 heteroatoms. The van der Waals surface area contributed by atoms with E-state index in [1.54, 1.807) is 0 Å². The number of ether oxygens (including phenoxy) is 3. The predicted octanol–water partition coefficient (Wildman–Crippen LogP) is 5.26. The van der Waals surface area contributed by atoms with Crippen molar-refractivity contribution in [1.29, 1.82) is 0 Å². The van der Waals surface area contributed by atoms with E-state index in [0.717, 1.165) is 16.0 Å². The number of amides is 1. The van der Waals surface area contributed by atoms with E-state index in [1.165, 1.54) is 44.8 Å². The minimum absolute atomic E-state index is 0.0801. The molecule has 3 rings (SSSR count). The summed E-state index contributed by atoms with van der Waals surface area (Å²) in [5.74, 6) is -0.556. The van der Waals surface area contributed by atoms with E-state index in [0.29, 0.717) is 29.2 Å². The lowest BCUT2D eigenvalue weighted by atomic mass is 9.99. The van der Waals surface area contributed by atoms with Crippen molar-refractivity contribution in [1.82, 2.24) is 0 Å². The zero-order valence-corrected chi connectivity index (χ0v) is 19.4. The molecule has 1 heterocycles. The molecule has 7 nitrogen and oxygen atoms in total. The van der Waals surface area contributed by atoms with Gasteiger partial charge in [-0.3, -0.25) is 4.79 Å². The number of aryl methyl sites for hydroxylation is 2. The van der Waals surface area contributed by atoms with E-state index in [2.05, 4.69) is 5.32 Å². The molecular weight excluding hydrogens is 430 g/mol. The molecule has 1 amide bonds. The molecule has 0 saturated carbocycles. The molecule has 1 aromatic heterocycles. The summed E-state index contributed by atoms with van der Waals surface area (Å²) >= 11 is 1.26. The highest BCUT2D eigenvalue weighted by Gasteiger charge is 2.26. The monoisotopic (exact) mass is 455 g/mol. The second-order valence-corrected chi connectivity index (χ2v) is 8.10. The number of thiophene rings is 1. The van der Waals surface area contributed by atoms with Gasteiger partial charge in [-0.05, 0) is 31.0 Å². The summed E-state index contributed by atoms with van der Waals surface area (Å²) in [4.78, 5) is 26.2. The molecule has 32 heavy (non-hydrogen) atoms. The molecule has 168 valence electrons. The second-order valence-electron chi connectivity index (χ2n) is 7.00. The molecule has 0 aliphatic carbocycles. The van der Waals surface area contributed by atoms with Gasteiger partial charge in [-0.25, -0.2) is 4.79 Å². The molecule has 0 spiro atoms. The Hall–Kier alpha value is -3.52. The number of hydrogen-bond donors (Lipinski definition) is 2. The van der Waals surface area contributed by atoms with Gasteiger partial charge in [-0.15, -0.1) is 11.3 Å². The molecule has 2 N–H and O–H groups in total. The summed E-state index contributed by atoms with van der Waals surface area (Å²) in [5, 5.41) is 13.0. The molecule has 2 aromatic carbocycles. The third-order valence-corrected chi connectivity index (χ3v) is 6.26. The van der Waals surface area contributed by atoms with Crippen LogP contribution in [0, 0.1) is 6.92 Å². The van der Waals surface area contributed by atoms with Crippen LogP contribution in [0.25, 0.3) is 11.1 Å². The number of nitrogens with one attached hydrogen (secondary N) is 1. The van der Waals surface area contributed by atoms with Gasteiger partial charge < -0.3 is 24.6 Å². The zero-order valence-electron chi connectivity index (χ0n) is 18.6. The number of benzene rings is 2. The maximum absolute atomic E-state index is 13.1. The lowest BCUT2D eigenvalue weighted by Gasteiger charge is -2.14. The van der Waals surface area contributed by atoms with Crippen LogP contribution >= 0.6 is 11.3 Å². The third-order valence-electron chi connectivity index (χ3n) is 5.01. The Kier molecular flexibility index (Phi) is 7.05. The minimum Gasteiger partial charge on any atom is -0.493 e. The average Bonchev–Trinajstić information content (AvgIpc) is 3.16. The zero-order chi connectivity index (χ0) is 23.4. The SMILES string of the molecule is CCc1sc(NC(=O)c2cc(OC)c(OC)c(OC)c2)c(C(=O)O)c1-c1ccc(C)cc1. The number of carbonyl (C=O) groups is 2. The highest BCUT2D eigenvalue weighted by atomic mass is 32.1. The highest BCUT2D eigenvalue weighted by Crippen LogP contribution is 2.42. The van der Waals surface area contributed by atoms with Crippen LogP contribution in [0.3, 0.4) is 0 Å². The summed E-state index contributed by atoms with van der Waals surface area (Å²) in [6.45, 7) is 3.93. The van der Waals surface area contributed by atoms with E-state index < -0.39 is 11.9 Å². The van der Waals surface area contributed by atoms with Gasteiger partial charge in [0.25, 0.3) is 5.91 Å². The van der Waals surface area contributed by atoms with E-state index in [4.69, 9.17) is 14.2 Å². The van der Waals surface area contributed by atoms with Crippen molar-refractivity contribution in [2.24, 2.45) is 0 Å². The van der Waals surface area contributed by atoms with Crippen molar-refractivity contribution < 1.29 is 28.9 Å². The van der Waals surface area contributed by atoms with E-state index in [1.807, 2.05) is 38.1 Å². The van der Waals surface area contributed by atoms with Crippen molar-refractivity contribution >= 4 is 28.2 Å². The predicted molar refractivity (Wildman–Crippen MR) is 125 cm³/mol. The van der Waals surface area contributed by atoms with Crippen LogP contribution in [-0.2, 0) is 6.42 Å². The quantitative estimate of drug-likeness (QED) is 0.481. The molecule has 0 fully saturated rings. The first-order valence-electron chi connectivity index (χ1n) is 9.91. The van der Waals surface area contributed by atoms with Crippen molar-refractivity contribution in [3.63, 3.8) is 0 Å². The van der Waals surface area contributed by atoms with Gasteiger partial charge in [0.2, 0.25) is 5.75 Å². The van der Waals surface area contributed by atoms with Crippen LogP contribution in [-0.4, -0.2) is 38.3 Å². The summed E-state index contributed by atoms with van der Waals surface area (Å²) in [5.41, 5.74) is 2.84. The molecule has 0 unspecified atom stereocenters. The van der Waals surface area contributed by atoms with Crippen LogP contribution in [0.5, 0.6) is 17.2 Å². The van der Waals surface area contributed by atoms with Gasteiger partial charge in [-0.1, -0.05) is 36.8 Å². The molecule has 0 radical (unpaired) electrons. The fraction of sp³-hybridized carbons (Fsp3) is 0.250. The normalized spacial score (nSPS) is 10.5. The van der Waals surface area contributed by atoms with Crippen molar-refractivity contribution in [3.05, 3.63) is 58.0 Å². The average molecular weight is 456 g/mol. The summed E-state index contributed by atoms with van der Waals surface area (Å²) in [6, 6.07) is 10.7. The molecule has 0 aliphatic heterocycles. The van der Waals surface area contributed by atoms with Gasteiger partial charge in [-0.2, -0.15) is 0 Å². The fourth-order valence-electron chi connectivity index (χ4n) is 3.43. The second kappa shape index (κ2) is 9.74. The number of carboxylic acid groups (broad SMARTS) is 1. The fourth-order valence-corrected chi connectivity index (χ4v) is 4.58. The number of carboxylic acids is 1. The Morgan fingerprint density at radius 3 is 2.06 bits per heavy atom. The Morgan fingerprint density at radius 2 is 1.59 bits per heavy atom.